The first-order chi connectivity index (χ1) is 7.90. The molecule has 0 unspecified atom stereocenters. The van der Waals surface area contributed by atoms with Crippen LogP contribution in [0.15, 0.2) is 24.3 Å². The highest BCUT2D eigenvalue weighted by atomic mass is 15.2. The van der Waals surface area contributed by atoms with Crippen molar-refractivity contribution in [2.45, 2.75) is 13.0 Å². The summed E-state index contributed by atoms with van der Waals surface area (Å²) in [6.07, 6.45) is 0.988. The summed E-state index contributed by atoms with van der Waals surface area (Å²) in [5.41, 5.74) is 8.48. The Kier molecular flexibility index (Phi) is 4.34. The predicted molar refractivity (Wildman–Crippen MR) is 67.3 cm³/mol. The van der Waals surface area contributed by atoms with Gasteiger partial charge in [0.05, 0.1) is 0 Å². The summed E-state index contributed by atoms with van der Waals surface area (Å²) in [7, 11) is 0. The summed E-state index contributed by atoms with van der Waals surface area (Å²) in [4.78, 5) is 2.51. The van der Waals surface area contributed by atoms with Crippen molar-refractivity contribution >= 4 is 0 Å². The minimum absolute atomic E-state index is 0.735. The standard InChI is InChI=1S/C13H21N3/c14-6-5-12-3-1-2-4-13(12)11-16-9-7-15-8-10-16/h1-4,15H,5-11,14H2. The molecule has 3 heteroatoms. The second-order valence-electron chi connectivity index (χ2n) is 4.33. The number of nitrogens with two attached hydrogens (primary N) is 1. The second-order valence-corrected chi connectivity index (χ2v) is 4.33. The first-order valence-corrected chi connectivity index (χ1v) is 6.10. The molecule has 0 saturated carbocycles. The molecule has 88 valence electrons. The van der Waals surface area contributed by atoms with E-state index < -0.39 is 0 Å². The van der Waals surface area contributed by atoms with Gasteiger partial charge in [-0.05, 0) is 24.1 Å². The lowest BCUT2D eigenvalue weighted by atomic mass is 10.0. The van der Waals surface area contributed by atoms with Crippen LogP contribution in [0.5, 0.6) is 0 Å². The van der Waals surface area contributed by atoms with Gasteiger partial charge in [0.15, 0.2) is 0 Å². The summed E-state index contributed by atoms with van der Waals surface area (Å²) in [5, 5.41) is 3.38. The summed E-state index contributed by atoms with van der Waals surface area (Å²) in [6, 6.07) is 8.65. The molecule has 0 spiro atoms. The molecule has 3 N–H and O–H groups in total. The largest absolute Gasteiger partial charge is 0.330 e. The van der Waals surface area contributed by atoms with E-state index in [9.17, 15) is 0 Å². The first-order valence-electron chi connectivity index (χ1n) is 6.10. The number of nitrogens with one attached hydrogen (secondary N) is 1. The van der Waals surface area contributed by atoms with Crippen molar-refractivity contribution in [3.05, 3.63) is 35.4 Å². The molecule has 0 radical (unpaired) electrons. The van der Waals surface area contributed by atoms with E-state index >= 15 is 0 Å². The van der Waals surface area contributed by atoms with Crippen LogP contribution in [0.25, 0.3) is 0 Å². The molecule has 0 atom stereocenters. The van der Waals surface area contributed by atoms with Gasteiger partial charge in [0.25, 0.3) is 0 Å². The third-order valence-corrected chi connectivity index (χ3v) is 3.14. The average molecular weight is 219 g/mol. The minimum atomic E-state index is 0.735. The van der Waals surface area contributed by atoms with Crippen LogP contribution < -0.4 is 11.1 Å². The molecule has 1 aliphatic rings. The van der Waals surface area contributed by atoms with Crippen LogP contribution in [-0.4, -0.2) is 37.6 Å². The van der Waals surface area contributed by atoms with Gasteiger partial charge in [0.2, 0.25) is 0 Å². The van der Waals surface area contributed by atoms with Crippen LogP contribution in [-0.2, 0) is 13.0 Å². The van der Waals surface area contributed by atoms with E-state index in [1.165, 1.54) is 11.1 Å². The molecule has 1 heterocycles. The van der Waals surface area contributed by atoms with Gasteiger partial charge < -0.3 is 11.1 Å². The van der Waals surface area contributed by atoms with Gasteiger partial charge >= 0.3 is 0 Å². The Bertz CT molecular complexity index is 319. The highest BCUT2D eigenvalue weighted by molar-refractivity contribution is 5.27. The number of benzene rings is 1. The quantitative estimate of drug-likeness (QED) is 0.779. The highest BCUT2D eigenvalue weighted by Gasteiger charge is 2.11. The summed E-state index contributed by atoms with van der Waals surface area (Å²) in [6.45, 7) is 6.32. The zero-order valence-corrected chi connectivity index (χ0v) is 9.78. The van der Waals surface area contributed by atoms with Gasteiger partial charge in [-0.2, -0.15) is 0 Å². The van der Waals surface area contributed by atoms with E-state index in [2.05, 4.69) is 34.5 Å². The maximum absolute atomic E-state index is 5.64. The molecule has 0 bridgehead atoms. The van der Waals surface area contributed by atoms with E-state index in [-0.39, 0.29) is 0 Å². The number of hydrogen-bond donors (Lipinski definition) is 2. The normalized spacial score (nSPS) is 17.6. The Balaban J connectivity index is 2.01. The molecule has 1 aliphatic heterocycles. The fourth-order valence-electron chi connectivity index (χ4n) is 2.22. The van der Waals surface area contributed by atoms with Gasteiger partial charge in [-0.15, -0.1) is 0 Å². The zero-order valence-electron chi connectivity index (χ0n) is 9.78. The maximum Gasteiger partial charge on any atom is 0.0237 e. The Morgan fingerprint density at radius 3 is 2.50 bits per heavy atom. The lowest BCUT2D eigenvalue weighted by Crippen LogP contribution is -2.43. The molecule has 1 saturated heterocycles. The molecule has 2 rings (SSSR count). The van der Waals surface area contributed by atoms with Gasteiger partial charge in [0.1, 0.15) is 0 Å². The van der Waals surface area contributed by atoms with Crippen molar-refractivity contribution < 1.29 is 0 Å². The SMILES string of the molecule is NCCc1ccccc1CN1CCNCC1. The van der Waals surface area contributed by atoms with E-state index in [1.807, 2.05) is 0 Å². The third-order valence-electron chi connectivity index (χ3n) is 3.14. The molecule has 1 aromatic rings. The van der Waals surface area contributed by atoms with Gasteiger partial charge in [0, 0.05) is 32.7 Å². The molecule has 0 aromatic heterocycles. The lowest BCUT2D eigenvalue weighted by molar-refractivity contribution is 0.232. The number of rotatable bonds is 4. The van der Waals surface area contributed by atoms with E-state index in [4.69, 9.17) is 5.73 Å². The molecule has 1 aromatic carbocycles. The van der Waals surface area contributed by atoms with Crippen LogP contribution in [0.1, 0.15) is 11.1 Å². The van der Waals surface area contributed by atoms with E-state index in [0.29, 0.717) is 0 Å². The van der Waals surface area contributed by atoms with Crippen LogP contribution in [0.3, 0.4) is 0 Å². The summed E-state index contributed by atoms with van der Waals surface area (Å²) < 4.78 is 0. The Hall–Kier alpha value is -0.900. The molecule has 0 aliphatic carbocycles. The smallest absolute Gasteiger partial charge is 0.0237 e. The van der Waals surface area contributed by atoms with Crippen molar-refractivity contribution in [3.63, 3.8) is 0 Å². The summed E-state index contributed by atoms with van der Waals surface area (Å²) >= 11 is 0. The Morgan fingerprint density at radius 2 is 1.81 bits per heavy atom. The minimum Gasteiger partial charge on any atom is -0.330 e. The van der Waals surface area contributed by atoms with Crippen molar-refractivity contribution in [3.8, 4) is 0 Å². The van der Waals surface area contributed by atoms with Crippen LogP contribution in [0, 0.1) is 0 Å². The third kappa shape index (κ3) is 3.04. The van der Waals surface area contributed by atoms with Crippen LogP contribution in [0.2, 0.25) is 0 Å². The topological polar surface area (TPSA) is 41.3 Å². The lowest BCUT2D eigenvalue weighted by Gasteiger charge is -2.28. The Morgan fingerprint density at radius 1 is 1.12 bits per heavy atom. The van der Waals surface area contributed by atoms with Crippen LogP contribution >= 0.6 is 0 Å². The molecule has 16 heavy (non-hydrogen) atoms. The fourth-order valence-corrected chi connectivity index (χ4v) is 2.22. The number of piperazine rings is 1. The second kappa shape index (κ2) is 5.99. The zero-order chi connectivity index (χ0) is 11.2. The number of nitrogens with zero attached hydrogens (tertiary/aromatic N) is 1. The van der Waals surface area contributed by atoms with Crippen molar-refractivity contribution in [1.29, 1.82) is 0 Å². The number of hydrogen-bond acceptors (Lipinski definition) is 3. The van der Waals surface area contributed by atoms with Crippen molar-refractivity contribution in [2.24, 2.45) is 5.73 Å². The molecule has 1 fully saturated rings. The Labute approximate surface area is 97.6 Å². The van der Waals surface area contributed by atoms with E-state index in [0.717, 1.165) is 45.7 Å². The van der Waals surface area contributed by atoms with Gasteiger partial charge in [-0.25, -0.2) is 0 Å². The van der Waals surface area contributed by atoms with Gasteiger partial charge in [-0.3, -0.25) is 4.90 Å². The molecular formula is C13H21N3. The molecule has 3 nitrogen and oxygen atoms in total. The monoisotopic (exact) mass is 219 g/mol. The van der Waals surface area contributed by atoms with E-state index in [1.54, 1.807) is 0 Å². The highest BCUT2D eigenvalue weighted by Crippen LogP contribution is 2.12. The van der Waals surface area contributed by atoms with Crippen molar-refractivity contribution in [1.82, 2.24) is 10.2 Å². The first kappa shape index (κ1) is 11.6. The maximum atomic E-state index is 5.64. The molecule has 0 amide bonds. The van der Waals surface area contributed by atoms with Crippen LogP contribution in [0.4, 0.5) is 0 Å². The average Bonchev–Trinajstić information content (AvgIpc) is 2.33. The molecular weight excluding hydrogens is 198 g/mol. The predicted octanol–water partition coefficient (Wildman–Crippen LogP) is 0.593. The fraction of sp³-hybridized carbons (Fsp3) is 0.538. The summed E-state index contributed by atoms with van der Waals surface area (Å²) in [5.74, 6) is 0. The van der Waals surface area contributed by atoms with Gasteiger partial charge in [-0.1, -0.05) is 24.3 Å². The van der Waals surface area contributed by atoms with Crippen molar-refractivity contribution in [2.75, 3.05) is 32.7 Å².